The zero-order valence-electron chi connectivity index (χ0n) is 18.6. The average Bonchev–Trinajstić information content (AvgIpc) is 3.49. The van der Waals surface area contributed by atoms with E-state index < -0.39 is 12.2 Å². The van der Waals surface area contributed by atoms with Crippen LogP contribution in [0.15, 0.2) is 12.3 Å². The van der Waals surface area contributed by atoms with Gasteiger partial charge in [0.15, 0.2) is 6.10 Å². The number of hydrogen-bond donors (Lipinski definition) is 1. The van der Waals surface area contributed by atoms with Crippen molar-refractivity contribution in [1.29, 1.82) is 0 Å². The molecule has 33 heavy (non-hydrogen) atoms. The monoisotopic (exact) mass is 471 g/mol. The lowest BCUT2D eigenvalue weighted by molar-refractivity contribution is -0.123. The van der Waals surface area contributed by atoms with Gasteiger partial charge < -0.3 is 14.2 Å². The summed E-state index contributed by atoms with van der Waals surface area (Å²) >= 11 is 1.73. The van der Waals surface area contributed by atoms with Crippen LogP contribution in [0.25, 0.3) is 10.2 Å². The molecule has 0 radical (unpaired) electrons. The number of nitrogens with zero attached hydrogens (tertiary/aromatic N) is 2. The first kappa shape index (κ1) is 21.3. The third kappa shape index (κ3) is 4.11. The number of ether oxygens (including phenoxy) is 3. The molecule has 4 aliphatic rings. The Bertz CT molecular complexity index is 1060. The number of alkyl carbamates (subject to hydrolysis) is 1. The smallest absolute Gasteiger partial charge is 0.414 e. The number of thiophene rings is 1. The van der Waals surface area contributed by atoms with E-state index in [4.69, 9.17) is 14.2 Å². The molecule has 176 valence electrons. The highest BCUT2D eigenvalue weighted by Crippen LogP contribution is 2.48. The number of carbonyl (C=O) groups is 2. The normalized spacial score (nSPS) is 30.3. The Morgan fingerprint density at radius 3 is 2.73 bits per heavy atom. The van der Waals surface area contributed by atoms with Gasteiger partial charge in [-0.3, -0.25) is 15.0 Å². The van der Waals surface area contributed by atoms with Crippen LogP contribution in [-0.4, -0.2) is 66.4 Å². The number of carbonyl (C=O) groups excluding carboxylic acids is 2. The molecular formula is C24H29N3O5S. The van der Waals surface area contributed by atoms with Crippen LogP contribution in [0.1, 0.15) is 54.9 Å². The van der Waals surface area contributed by atoms with Gasteiger partial charge in [0.25, 0.3) is 5.91 Å². The molecule has 1 N–H and O–H groups in total. The van der Waals surface area contributed by atoms with Crippen LogP contribution in [0.5, 0.6) is 5.75 Å². The summed E-state index contributed by atoms with van der Waals surface area (Å²) in [5.74, 6) is 0.741. The molecule has 2 aromatic rings. The third-order valence-electron chi connectivity index (χ3n) is 7.56. The van der Waals surface area contributed by atoms with E-state index in [1.54, 1.807) is 11.3 Å². The Morgan fingerprint density at radius 1 is 1.15 bits per heavy atom. The zero-order chi connectivity index (χ0) is 22.4. The van der Waals surface area contributed by atoms with Crippen LogP contribution >= 0.6 is 11.3 Å². The highest BCUT2D eigenvalue weighted by atomic mass is 32.1. The van der Waals surface area contributed by atoms with Crippen molar-refractivity contribution in [2.24, 2.45) is 0 Å². The van der Waals surface area contributed by atoms with Gasteiger partial charge in [0.05, 0.1) is 24.7 Å². The lowest BCUT2D eigenvalue weighted by Crippen LogP contribution is -2.46. The Labute approximate surface area is 196 Å². The van der Waals surface area contributed by atoms with Gasteiger partial charge in [-0.25, -0.2) is 9.78 Å². The number of amides is 2. The fraction of sp³-hybridized carbons (Fsp3) is 0.625. The minimum absolute atomic E-state index is 0.166. The van der Waals surface area contributed by atoms with Gasteiger partial charge in [-0.05, 0) is 56.1 Å². The Balaban J connectivity index is 1.18. The largest absolute Gasteiger partial charge is 0.490 e. The van der Waals surface area contributed by atoms with Gasteiger partial charge in [-0.1, -0.05) is 0 Å². The number of aryl methyl sites for hydroxylation is 1. The molecule has 2 aromatic heterocycles. The summed E-state index contributed by atoms with van der Waals surface area (Å²) in [6.45, 7) is 3.77. The van der Waals surface area contributed by atoms with Crippen LogP contribution in [0.2, 0.25) is 0 Å². The molecule has 0 aromatic carbocycles. The standard InChI is InChI=1S/C24H29N3O5S/c28-22-18(32-24(29)26-22)13-14-1-6-19-20(14)21-17(7-8-25-23(21)33-19)31-16-4-2-15(3-5-16)27-9-11-30-12-10-27/h7-8,14-16,18H,1-6,9-13H2,(H,26,28,29)/t14-,15-,16-,18+/m1/s1. The van der Waals surface area contributed by atoms with Crippen molar-refractivity contribution >= 4 is 33.6 Å². The third-order valence-corrected chi connectivity index (χ3v) is 8.73. The number of pyridine rings is 1. The predicted molar refractivity (Wildman–Crippen MR) is 123 cm³/mol. The molecule has 9 heteroatoms. The van der Waals surface area contributed by atoms with E-state index in [1.165, 1.54) is 10.4 Å². The van der Waals surface area contributed by atoms with Crippen LogP contribution in [0.3, 0.4) is 0 Å². The van der Waals surface area contributed by atoms with Gasteiger partial charge in [0.1, 0.15) is 10.6 Å². The molecule has 2 aliphatic heterocycles. The summed E-state index contributed by atoms with van der Waals surface area (Å²) in [6, 6.07) is 2.63. The lowest BCUT2D eigenvalue weighted by Gasteiger charge is -2.38. The quantitative estimate of drug-likeness (QED) is 0.715. The summed E-state index contributed by atoms with van der Waals surface area (Å²) in [5, 5.41) is 3.34. The summed E-state index contributed by atoms with van der Waals surface area (Å²) in [6.07, 6.45) is 7.56. The first-order valence-electron chi connectivity index (χ1n) is 12.1. The number of morpholine rings is 1. The van der Waals surface area contributed by atoms with Crippen molar-refractivity contribution in [2.45, 2.75) is 69.1 Å². The lowest BCUT2D eigenvalue weighted by atomic mass is 9.91. The van der Waals surface area contributed by atoms with Gasteiger partial charge in [-0.15, -0.1) is 11.3 Å². The van der Waals surface area contributed by atoms with Crippen LogP contribution in [0, 0.1) is 0 Å². The molecule has 2 saturated heterocycles. The van der Waals surface area contributed by atoms with E-state index in [1.807, 2.05) is 12.3 Å². The van der Waals surface area contributed by atoms with Crippen molar-refractivity contribution in [3.63, 3.8) is 0 Å². The van der Waals surface area contributed by atoms with E-state index >= 15 is 0 Å². The van der Waals surface area contributed by atoms with Crippen LogP contribution < -0.4 is 10.1 Å². The molecule has 1 saturated carbocycles. The molecule has 2 aliphatic carbocycles. The van der Waals surface area contributed by atoms with Crippen molar-refractivity contribution < 1.29 is 23.8 Å². The molecule has 8 nitrogen and oxygen atoms in total. The first-order valence-corrected chi connectivity index (χ1v) is 12.9. The van der Waals surface area contributed by atoms with Crippen LogP contribution in [0.4, 0.5) is 4.79 Å². The second-order valence-corrected chi connectivity index (χ2v) is 10.6. The molecule has 0 spiro atoms. The summed E-state index contributed by atoms with van der Waals surface area (Å²) in [4.78, 5) is 33.0. The van der Waals surface area contributed by atoms with Gasteiger partial charge in [-0.2, -0.15) is 0 Å². The predicted octanol–water partition coefficient (Wildman–Crippen LogP) is 3.37. The summed E-state index contributed by atoms with van der Waals surface area (Å²) in [5.41, 5.74) is 1.25. The number of rotatable bonds is 5. The van der Waals surface area contributed by atoms with E-state index in [2.05, 4.69) is 15.2 Å². The van der Waals surface area contributed by atoms with Crippen molar-refractivity contribution in [3.05, 3.63) is 22.7 Å². The first-order chi connectivity index (χ1) is 16.2. The molecule has 0 bridgehead atoms. The molecule has 4 heterocycles. The molecule has 6 rings (SSSR count). The fourth-order valence-electron chi connectivity index (χ4n) is 5.92. The van der Waals surface area contributed by atoms with Gasteiger partial charge >= 0.3 is 6.09 Å². The van der Waals surface area contributed by atoms with Crippen molar-refractivity contribution in [1.82, 2.24) is 15.2 Å². The molecule has 0 unspecified atom stereocenters. The number of nitrogens with one attached hydrogen (secondary N) is 1. The van der Waals surface area contributed by atoms with E-state index in [-0.39, 0.29) is 17.9 Å². The number of fused-ring (bicyclic) bond motifs is 3. The Morgan fingerprint density at radius 2 is 1.97 bits per heavy atom. The number of imide groups is 1. The Kier molecular flexibility index (Phi) is 5.72. The van der Waals surface area contributed by atoms with Crippen molar-refractivity contribution in [2.75, 3.05) is 26.3 Å². The topological polar surface area (TPSA) is 90.0 Å². The minimum Gasteiger partial charge on any atom is -0.490 e. The maximum atomic E-state index is 12.1. The van der Waals surface area contributed by atoms with Crippen LogP contribution in [-0.2, 0) is 20.7 Å². The SMILES string of the molecule is O=C1NC(=O)[C@H](C[C@H]2CCc3sc4nccc(O[C@H]5CC[C@H](N6CCOCC6)CC5)c4c32)O1. The highest BCUT2D eigenvalue weighted by Gasteiger charge is 2.38. The highest BCUT2D eigenvalue weighted by molar-refractivity contribution is 7.19. The van der Waals surface area contributed by atoms with Crippen molar-refractivity contribution in [3.8, 4) is 5.75 Å². The maximum Gasteiger partial charge on any atom is 0.414 e. The fourth-order valence-corrected chi connectivity index (χ4v) is 7.18. The second kappa shape index (κ2) is 8.85. The maximum absolute atomic E-state index is 12.1. The number of cyclic esters (lactones) is 1. The van der Waals surface area contributed by atoms with E-state index in [0.717, 1.165) is 80.8 Å². The van der Waals surface area contributed by atoms with Gasteiger partial charge in [0.2, 0.25) is 0 Å². The molecule has 2 atom stereocenters. The second-order valence-electron chi connectivity index (χ2n) is 9.48. The number of hydrogen-bond acceptors (Lipinski definition) is 8. The van der Waals surface area contributed by atoms with E-state index in [9.17, 15) is 9.59 Å². The van der Waals surface area contributed by atoms with E-state index in [0.29, 0.717) is 12.5 Å². The number of aromatic nitrogens is 1. The molecular weight excluding hydrogens is 442 g/mol. The minimum atomic E-state index is -0.708. The Hall–Kier alpha value is -2.23. The zero-order valence-corrected chi connectivity index (χ0v) is 19.4. The molecule has 2 amide bonds. The van der Waals surface area contributed by atoms with Gasteiger partial charge in [0, 0.05) is 36.6 Å². The molecule has 3 fully saturated rings. The average molecular weight is 472 g/mol. The summed E-state index contributed by atoms with van der Waals surface area (Å²) in [7, 11) is 0. The summed E-state index contributed by atoms with van der Waals surface area (Å²) < 4.78 is 17.3.